The van der Waals surface area contributed by atoms with Gasteiger partial charge in [-0.15, -0.1) is 0 Å². The first-order chi connectivity index (χ1) is 13.5. The number of nitrogens with one attached hydrogen (secondary N) is 3. The van der Waals surface area contributed by atoms with Crippen molar-refractivity contribution in [3.05, 3.63) is 65.7 Å². The largest absolute Gasteiger partial charge is 0.374 e. The van der Waals surface area contributed by atoms with Crippen LogP contribution in [0.1, 0.15) is 49.2 Å². The second-order valence-corrected chi connectivity index (χ2v) is 6.83. The van der Waals surface area contributed by atoms with Gasteiger partial charge in [-0.1, -0.05) is 42.5 Å². The van der Waals surface area contributed by atoms with E-state index in [1.165, 1.54) is 0 Å². The lowest BCUT2D eigenvalue weighted by Crippen LogP contribution is -2.35. The van der Waals surface area contributed by atoms with Gasteiger partial charge in [-0.05, 0) is 44.9 Å². The number of anilines is 1. The van der Waals surface area contributed by atoms with E-state index in [-0.39, 0.29) is 24.1 Å². The first-order valence-electron chi connectivity index (χ1n) is 9.58. The molecule has 2 aromatic rings. The van der Waals surface area contributed by atoms with Gasteiger partial charge in [-0.25, -0.2) is 4.79 Å². The number of ether oxygens (including phenoxy) is 1. The maximum absolute atomic E-state index is 12.5. The molecule has 6 nitrogen and oxygen atoms in total. The highest BCUT2D eigenvalue weighted by Crippen LogP contribution is 2.16. The van der Waals surface area contributed by atoms with Crippen molar-refractivity contribution in [3.63, 3.8) is 0 Å². The summed E-state index contributed by atoms with van der Waals surface area (Å²) in [5.74, 6) is -0.225. The van der Waals surface area contributed by atoms with Crippen LogP contribution in [0, 0.1) is 0 Å². The lowest BCUT2D eigenvalue weighted by atomic mass is 10.1. The molecular formula is C22H29N3O3. The molecule has 0 fully saturated rings. The lowest BCUT2D eigenvalue weighted by molar-refractivity contribution is 0.0635. The molecule has 0 aliphatic rings. The number of hydrogen-bond donors (Lipinski definition) is 3. The van der Waals surface area contributed by atoms with Crippen molar-refractivity contribution in [2.45, 2.75) is 39.3 Å². The van der Waals surface area contributed by atoms with Gasteiger partial charge < -0.3 is 20.7 Å². The van der Waals surface area contributed by atoms with E-state index in [0.29, 0.717) is 30.8 Å². The first kappa shape index (κ1) is 21.4. The van der Waals surface area contributed by atoms with E-state index in [0.717, 1.165) is 5.56 Å². The first-order valence-corrected chi connectivity index (χ1v) is 9.58. The Labute approximate surface area is 166 Å². The van der Waals surface area contributed by atoms with Crippen LogP contribution >= 0.6 is 0 Å². The molecule has 150 valence electrons. The number of carbonyl (C=O) groups excluding carboxylic acids is 2. The SMILES string of the molecule is CC(C)NC(=O)Nc1ccccc1C(=O)NCCCOC(C)c1ccccc1. The normalized spacial score (nSPS) is 11.7. The van der Waals surface area contributed by atoms with E-state index >= 15 is 0 Å². The van der Waals surface area contributed by atoms with Gasteiger partial charge in [0.15, 0.2) is 0 Å². The quantitative estimate of drug-likeness (QED) is 0.570. The van der Waals surface area contributed by atoms with E-state index < -0.39 is 0 Å². The van der Waals surface area contributed by atoms with Crippen LogP contribution in [0.25, 0.3) is 0 Å². The lowest BCUT2D eigenvalue weighted by Gasteiger charge is -2.15. The number of urea groups is 1. The number of carbonyl (C=O) groups is 2. The molecular weight excluding hydrogens is 354 g/mol. The molecule has 1 unspecified atom stereocenters. The Kier molecular flexibility index (Phi) is 8.49. The Morgan fingerprint density at radius 2 is 1.64 bits per heavy atom. The van der Waals surface area contributed by atoms with Gasteiger partial charge in [0.25, 0.3) is 5.91 Å². The van der Waals surface area contributed by atoms with Gasteiger partial charge in [0.2, 0.25) is 0 Å². The monoisotopic (exact) mass is 383 g/mol. The second kappa shape index (κ2) is 11.1. The molecule has 0 bridgehead atoms. The van der Waals surface area contributed by atoms with Gasteiger partial charge in [0, 0.05) is 19.2 Å². The van der Waals surface area contributed by atoms with Crippen molar-refractivity contribution in [2.75, 3.05) is 18.5 Å². The third-order valence-corrected chi connectivity index (χ3v) is 4.08. The van der Waals surface area contributed by atoms with Gasteiger partial charge in [0.1, 0.15) is 0 Å². The van der Waals surface area contributed by atoms with Crippen molar-refractivity contribution in [1.29, 1.82) is 0 Å². The van der Waals surface area contributed by atoms with E-state index in [4.69, 9.17) is 4.74 Å². The van der Waals surface area contributed by atoms with Crippen LogP contribution in [0.5, 0.6) is 0 Å². The second-order valence-electron chi connectivity index (χ2n) is 6.83. The van der Waals surface area contributed by atoms with Crippen LogP contribution in [-0.4, -0.2) is 31.1 Å². The molecule has 2 aromatic carbocycles. The van der Waals surface area contributed by atoms with Crippen LogP contribution in [-0.2, 0) is 4.74 Å². The predicted octanol–water partition coefficient (Wildman–Crippen LogP) is 4.11. The van der Waals surface area contributed by atoms with E-state index in [1.54, 1.807) is 24.3 Å². The number of hydrogen-bond acceptors (Lipinski definition) is 3. The molecule has 3 amide bonds. The number of benzene rings is 2. The number of amides is 3. The summed E-state index contributed by atoms with van der Waals surface area (Å²) in [6.45, 7) is 6.80. The zero-order chi connectivity index (χ0) is 20.4. The highest BCUT2D eigenvalue weighted by atomic mass is 16.5. The molecule has 0 aromatic heterocycles. The van der Waals surface area contributed by atoms with Gasteiger partial charge in [-0.3, -0.25) is 4.79 Å². The minimum atomic E-state index is -0.335. The highest BCUT2D eigenvalue weighted by molar-refractivity contribution is 6.03. The molecule has 0 heterocycles. The highest BCUT2D eigenvalue weighted by Gasteiger charge is 2.13. The maximum Gasteiger partial charge on any atom is 0.319 e. The minimum absolute atomic E-state index is 0.0132. The summed E-state index contributed by atoms with van der Waals surface area (Å²) in [5.41, 5.74) is 2.04. The Morgan fingerprint density at radius 3 is 2.36 bits per heavy atom. The Balaban J connectivity index is 1.78. The standard InChI is InChI=1S/C22H29N3O3/c1-16(2)24-22(27)25-20-13-8-7-12-19(20)21(26)23-14-9-15-28-17(3)18-10-5-4-6-11-18/h4-8,10-13,16-17H,9,14-15H2,1-3H3,(H,23,26)(H2,24,25,27). The van der Waals surface area contributed by atoms with Crippen molar-refractivity contribution >= 4 is 17.6 Å². The summed E-state index contributed by atoms with van der Waals surface area (Å²) in [5, 5.41) is 8.34. The predicted molar refractivity (Wildman–Crippen MR) is 111 cm³/mol. The van der Waals surface area contributed by atoms with Crippen molar-refractivity contribution in [1.82, 2.24) is 10.6 Å². The smallest absolute Gasteiger partial charge is 0.319 e. The van der Waals surface area contributed by atoms with Crippen LogP contribution < -0.4 is 16.0 Å². The fourth-order valence-electron chi connectivity index (χ4n) is 2.66. The van der Waals surface area contributed by atoms with Crippen molar-refractivity contribution < 1.29 is 14.3 Å². The summed E-state index contributed by atoms with van der Waals surface area (Å²) >= 11 is 0. The molecule has 0 saturated carbocycles. The third-order valence-electron chi connectivity index (χ3n) is 4.08. The van der Waals surface area contributed by atoms with Gasteiger partial charge >= 0.3 is 6.03 Å². The Morgan fingerprint density at radius 1 is 0.964 bits per heavy atom. The number of para-hydroxylation sites is 1. The molecule has 0 radical (unpaired) electrons. The zero-order valence-electron chi connectivity index (χ0n) is 16.7. The van der Waals surface area contributed by atoms with Crippen LogP contribution in [0.2, 0.25) is 0 Å². The average molecular weight is 383 g/mol. The molecule has 0 spiro atoms. The van der Waals surface area contributed by atoms with Crippen molar-refractivity contribution in [3.8, 4) is 0 Å². The molecule has 0 aliphatic heterocycles. The van der Waals surface area contributed by atoms with E-state index in [9.17, 15) is 9.59 Å². The molecule has 0 saturated heterocycles. The van der Waals surface area contributed by atoms with Crippen LogP contribution in [0.4, 0.5) is 10.5 Å². The Bertz CT molecular complexity index is 763. The average Bonchev–Trinajstić information content (AvgIpc) is 2.67. The van der Waals surface area contributed by atoms with Gasteiger partial charge in [-0.2, -0.15) is 0 Å². The van der Waals surface area contributed by atoms with Crippen LogP contribution in [0.3, 0.4) is 0 Å². The summed E-state index contributed by atoms with van der Waals surface area (Å²) in [6, 6.07) is 16.6. The fourth-order valence-corrected chi connectivity index (χ4v) is 2.66. The summed E-state index contributed by atoms with van der Waals surface area (Å²) in [4.78, 5) is 24.4. The van der Waals surface area contributed by atoms with Gasteiger partial charge in [0.05, 0.1) is 17.4 Å². The summed E-state index contributed by atoms with van der Waals surface area (Å²) < 4.78 is 5.81. The van der Waals surface area contributed by atoms with E-state index in [1.807, 2.05) is 51.1 Å². The molecule has 2 rings (SSSR count). The molecule has 0 aliphatic carbocycles. The molecule has 28 heavy (non-hydrogen) atoms. The summed E-state index contributed by atoms with van der Waals surface area (Å²) in [6.07, 6.45) is 0.716. The van der Waals surface area contributed by atoms with Crippen LogP contribution in [0.15, 0.2) is 54.6 Å². The van der Waals surface area contributed by atoms with E-state index in [2.05, 4.69) is 16.0 Å². The topological polar surface area (TPSA) is 79.5 Å². The summed E-state index contributed by atoms with van der Waals surface area (Å²) in [7, 11) is 0. The third kappa shape index (κ3) is 7.04. The maximum atomic E-state index is 12.5. The molecule has 6 heteroatoms. The fraction of sp³-hybridized carbons (Fsp3) is 0.364. The number of rotatable bonds is 9. The zero-order valence-corrected chi connectivity index (χ0v) is 16.7. The molecule has 3 N–H and O–H groups in total. The Hall–Kier alpha value is -2.86. The molecule has 1 atom stereocenters. The minimum Gasteiger partial charge on any atom is -0.374 e. The van der Waals surface area contributed by atoms with Crippen molar-refractivity contribution in [2.24, 2.45) is 0 Å².